The van der Waals surface area contributed by atoms with Crippen LogP contribution in [0.3, 0.4) is 0 Å². The summed E-state index contributed by atoms with van der Waals surface area (Å²) in [6.07, 6.45) is 6.43. The average Bonchev–Trinajstić information content (AvgIpc) is 4.34. The number of thiol groups is 1. The highest BCUT2D eigenvalue weighted by Gasteiger charge is 2.43. The largest absolute Gasteiger partial charge is 0.371 e. The second-order valence-electron chi connectivity index (χ2n) is 23.0. The number of likely N-dealkylation sites (tertiary alicyclic amines) is 2. The number of thioether (sulfide) groups is 1. The van der Waals surface area contributed by atoms with Gasteiger partial charge in [-0.3, -0.25) is 28.8 Å². The van der Waals surface area contributed by atoms with Crippen LogP contribution in [0.5, 0.6) is 0 Å². The summed E-state index contributed by atoms with van der Waals surface area (Å²) in [5.41, 5.74) is 1.70. The number of carbonyl (C=O) groups is 7. The van der Waals surface area contributed by atoms with Gasteiger partial charge in [-0.15, -0.1) is 22.8 Å². The molecular formula is C58H86N18O9S3. The lowest BCUT2D eigenvalue weighted by atomic mass is 10.0. The van der Waals surface area contributed by atoms with Crippen LogP contribution in [0.15, 0.2) is 63.7 Å². The van der Waals surface area contributed by atoms with Crippen LogP contribution in [0.4, 0.5) is 10.5 Å². The van der Waals surface area contributed by atoms with Crippen molar-refractivity contribution in [3.05, 3.63) is 59.7 Å². The van der Waals surface area contributed by atoms with Crippen molar-refractivity contribution in [1.82, 2.24) is 87.4 Å². The third kappa shape index (κ3) is 19.0. The maximum absolute atomic E-state index is 14.8. The van der Waals surface area contributed by atoms with Crippen LogP contribution in [-0.2, 0) is 64.5 Å². The van der Waals surface area contributed by atoms with Crippen molar-refractivity contribution >= 4 is 83.3 Å². The summed E-state index contributed by atoms with van der Waals surface area (Å²) in [4.78, 5) is 99.0. The lowest BCUT2D eigenvalue weighted by molar-refractivity contribution is -0.142. The van der Waals surface area contributed by atoms with E-state index in [9.17, 15) is 33.6 Å². The fourth-order valence-corrected chi connectivity index (χ4v) is 13.8. The van der Waals surface area contributed by atoms with Gasteiger partial charge in [-0.1, -0.05) is 37.1 Å². The predicted octanol–water partition coefficient (Wildman–Crippen LogP) is 2.82. The van der Waals surface area contributed by atoms with Crippen LogP contribution >= 0.6 is 36.2 Å². The van der Waals surface area contributed by atoms with Crippen LogP contribution in [0, 0.1) is 0 Å². The molecule has 8 amide bonds. The molecule has 0 saturated carbocycles. The van der Waals surface area contributed by atoms with Crippen molar-refractivity contribution < 1.29 is 43.0 Å². The Bertz CT molecular complexity index is 2980. The zero-order valence-corrected chi connectivity index (χ0v) is 53.5. The molecule has 4 fully saturated rings. The molecule has 4 aliphatic rings. The molecule has 88 heavy (non-hydrogen) atoms. The van der Waals surface area contributed by atoms with Crippen LogP contribution in [0.2, 0.25) is 0 Å². The number of anilines is 1. The maximum atomic E-state index is 14.8. The molecule has 0 spiro atoms. The summed E-state index contributed by atoms with van der Waals surface area (Å²) in [6, 6.07) is 11.5. The van der Waals surface area contributed by atoms with Crippen molar-refractivity contribution in [3.8, 4) is 0 Å². The summed E-state index contributed by atoms with van der Waals surface area (Å²) in [7, 11) is 3.32. The fraction of sp³-hybridized carbons (Fsp3) is 0.638. The quantitative estimate of drug-likeness (QED) is 0.0184. The number of unbranched alkanes of at least 4 members (excludes halogenated alkanes) is 3. The number of benzene rings is 2. The van der Waals surface area contributed by atoms with Crippen molar-refractivity contribution in [1.29, 1.82) is 0 Å². The molecule has 8 N–H and O–H groups in total. The molecule has 30 heteroatoms. The SMILES string of the molecule is CNC(C)C(=O)NC(C(=O)N1CCCC1Cn1nnnc1S)C(C)OCc1cc(COC(C)C(NC(=O)C(C)NC)C(=O)N2CCCC2Cn2nnnc2Sc2ccccc2)cc(NC(=O)CCCCCNC(=O)CCCCC2SC[C@@H]3NC(=O)N[C@H]23)c1. The van der Waals surface area contributed by atoms with E-state index >= 15 is 0 Å². The second kappa shape index (κ2) is 33.4. The van der Waals surface area contributed by atoms with Crippen molar-refractivity contribution in [2.24, 2.45) is 0 Å². The van der Waals surface area contributed by atoms with E-state index in [-0.39, 0.29) is 85.3 Å². The molecule has 4 saturated heterocycles. The Balaban J connectivity index is 0.923. The van der Waals surface area contributed by atoms with Gasteiger partial charge < -0.3 is 61.8 Å². The molecule has 0 aliphatic carbocycles. The van der Waals surface area contributed by atoms with Gasteiger partial charge in [-0.25, -0.2) is 14.2 Å². The third-order valence-corrected chi connectivity index (χ3v) is 19.4. The number of nitrogens with one attached hydrogen (secondary N) is 8. The van der Waals surface area contributed by atoms with E-state index in [4.69, 9.17) is 9.47 Å². The standard InChI is InChI=1S/C58H86N18O9S3/c1-35(59-5)52(79)64-49(54(81)73-25-15-17-42(73)30-75-57(86)67-69-71-75)37(3)84-32-39-27-40(29-41(28-39)62-48(78)23-11-8-14-24-61-47(77)22-13-12-21-46-51-45(34-87-46)63-56(83)66-51)33-85-38(4)50(65-53(80)36(2)60-6)55(82)74-26-16-18-43(74)31-76-58(68-70-72-76)88-44-19-9-7-10-20-44/h7,9-10,19-20,27-29,35-38,42-43,45-46,49-51,59-60H,8,11-18,21-26,30-34H2,1-6H3,(H,61,77)(H,62,78)(H,64,79)(H,65,80)(H2,63,66,83)(H,67,71,86)/t35?,36?,37?,38?,42?,43?,45-,46?,49?,50?,51-/m0/s1. The van der Waals surface area contributed by atoms with E-state index in [1.165, 1.54) is 16.4 Å². The van der Waals surface area contributed by atoms with Gasteiger partial charge in [0.1, 0.15) is 12.1 Å². The number of carbonyl (C=O) groups excluding carboxylic acids is 7. The Morgan fingerprint density at radius 2 is 1.31 bits per heavy atom. The highest BCUT2D eigenvalue weighted by atomic mass is 32.2. The van der Waals surface area contributed by atoms with Crippen LogP contribution in [0.1, 0.15) is 116 Å². The minimum Gasteiger partial charge on any atom is -0.371 e. The van der Waals surface area contributed by atoms with Gasteiger partial charge in [0.15, 0.2) is 0 Å². The summed E-state index contributed by atoms with van der Waals surface area (Å²) < 4.78 is 16.3. The number of fused-ring (bicyclic) bond motifs is 1. The van der Waals surface area contributed by atoms with Gasteiger partial charge >= 0.3 is 6.03 Å². The molecule has 0 radical (unpaired) electrons. The van der Waals surface area contributed by atoms with Gasteiger partial charge in [-0.05, 0) is 161 Å². The number of urea groups is 1. The Morgan fingerprint density at radius 1 is 0.727 bits per heavy atom. The topological polar surface area (TPSA) is 328 Å². The van der Waals surface area contributed by atoms with E-state index in [1.54, 1.807) is 68.4 Å². The molecule has 2 aromatic carbocycles. The number of likely N-dealkylation sites (N-methyl/N-ethyl adjacent to an activating group) is 2. The summed E-state index contributed by atoms with van der Waals surface area (Å²) in [5.74, 6) is -0.729. The van der Waals surface area contributed by atoms with Crippen LogP contribution < -0.4 is 42.5 Å². The van der Waals surface area contributed by atoms with Gasteiger partial charge in [0.2, 0.25) is 45.8 Å². The first-order chi connectivity index (χ1) is 42.5. The summed E-state index contributed by atoms with van der Waals surface area (Å²) in [5, 5.41) is 49.2. The lowest BCUT2D eigenvalue weighted by Gasteiger charge is -2.33. The number of nitrogens with zero attached hydrogens (tertiary/aromatic N) is 10. The average molecular weight is 1280 g/mol. The highest BCUT2D eigenvalue weighted by molar-refractivity contribution is 8.00. The number of amides is 8. The molecule has 4 aromatic rings. The fourth-order valence-electron chi connectivity index (χ4n) is 11.3. The van der Waals surface area contributed by atoms with E-state index < -0.39 is 36.4 Å². The Hall–Kier alpha value is -6.44. The Kier molecular flexibility index (Phi) is 25.6. The number of hydrogen-bond acceptors (Lipinski definition) is 20. The zero-order chi connectivity index (χ0) is 62.7. The van der Waals surface area contributed by atoms with E-state index in [1.807, 2.05) is 48.2 Å². The molecule has 6 heterocycles. The third-order valence-electron chi connectivity index (χ3n) is 16.6. The molecule has 4 aliphatic heterocycles. The van der Waals surface area contributed by atoms with Gasteiger partial charge in [-0.2, -0.15) is 11.8 Å². The molecular weight excluding hydrogens is 1190 g/mol. The summed E-state index contributed by atoms with van der Waals surface area (Å²) in [6.45, 7) is 8.86. The molecule has 0 bridgehead atoms. The normalized spacial score (nSPS) is 20.9. The molecule has 9 unspecified atom stereocenters. The zero-order valence-electron chi connectivity index (χ0n) is 51.0. The first-order valence-corrected chi connectivity index (χ1v) is 32.9. The van der Waals surface area contributed by atoms with Crippen molar-refractivity contribution in [3.63, 3.8) is 0 Å². The predicted molar refractivity (Wildman–Crippen MR) is 333 cm³/mol. The Morgan fingerprint density at radius 3 is 1.91 bits per heavy atom. The van der Waals surface area contributed by atoms with Gasteiger partial charge in [0, 0.05) is 54.1 Å². The highest BCUT2D eigenvalue weighted by Crippen LogP contribution is 2.34. The first kappa shape index (κ1) is 67.5. The van der Waals surface area contributed by atoms with E-state index in [2.05, 4.69) is 86.2 Å². The molecule has 11 atom stereocenters. The maximum Gasteiger partial charge on any atom is 0.315 e. The number of aromatic nitrogens is 8. The van der Waals surface area contributed by atoms with E-state index in [0.29, 0.717) is 104 Å². The van der Waals surface area contributed by atoms with Crippen molar-refractivity contribution in [2.45, 2.75) is 212 Å². The second-order valence-corrected chi connectivity index (χ2v) is 25.7. The van der Waals surface area contributed by atoms with E-state index in [0.717, 1.165) is 42.8 Å². The Labute approximate surface area is 527 Å². The minimum absolute atomic E-state index is 0.00104. The van der Waals surface area contributed by atoms with Gasteiger partial charge in [0.05, 0.1) is 74.8 Å². The number of rotatable bonds is 34. The smallest absolute Gasteiger partial charge is 0.315 e. The molecule has 8 rings (SSSR count). The number of hydrogen-bond donors (Lipinski definition) is 9. The lowest BCUT2D eigenvalue weighted by Crippen LogP contribution is -2.58. The van der Waals surface area contributed by atoms with Crippen LogP contribution in [-0.4, -0.2) is 197 Å². The van der Waals surface area contributed by atoms with Crippen molar-refractivity contribution in [2.75, 3.05) is 44.8 Å². The molecule has 27 nitrogen and oxygen atoms in total. The minimum atomic E-state index is -1.09. The van der Waals surface area contributed by atoms with Crippen LogP contribution in [0.25, 0.3) is 0 Å². The number of ether oxygens (including phenoxy) is 2. The first-order valence-electron chi connectivity index (χ1n) is 30.6. The molecule has 480 valence electrons. The monoisotopic (exact) mass is 1270 g/mol. The van der Waals surface area contributed by atoms with Gasteiger partial charge in [0.25, 0.3) is 0 Å². The number of tetrazole rings is 2. The molecule has 2 aromatic heterocycles. The summed E-state index contributed by atoms with van der Waals surface area (Å²) >= 11 is 7.66.